The molecule has 4 aromatic rings. The van der Waals surface area contributed by atoms with Gasteiger partial charge in [-0.05, 0) is 11.6 Å². The minimum absolute atomic E-state index is 0.898. The molecule has 2 heterocycles. The fourth-order valence-electron chi connectivity index (χ4n) is 2.85. The first-order valence-electron chi connectivity index (χ1n) is 7.50. The lowest BCUT2D eigenvalue weighted by Gasteiger charge is -2.00. The summed E-state index contributed by atoms with van der Waals surface area (Å²) >= 11 is 0. The van der Waals surface area contributed by atoms with Crippen molar-refractivity contribution in [2.24, 2.45) is 0 Å². The number of hydrogen-bond acceptors (Lipinski definition) is 0. The summed E-state index contributed by atoms with van der Waals surface area (Å²) in [7, 11) is 0. The van der Waals surface area contributed by atoms with Gasteiger partial charge in [0.15, 0.2) is 18.9 Å². The van der Waals surface area contributed by atoms with Crippen LogP contribution in [0.5, 0.6) is 0 Å². The molecule has 1 N–H and O–H groups in total. The van der Waals surface area contributed by atoms with Gasteiger partial charge in [-0.1, -0.05) is 48.5 Å². The standard InChI is InChI=1S/C20H16N2/c1-2-6-16(7-3-1)15-22-12-10-17(11-13-22)19-14-21-20-9-5-4-8-18(19)20/h1-14H,15H2/p+1. The van der Waals surface area contributed by atoms with Gasteiger partial charge in [-0.25, -0.2) is 4.57 Å². The Morgan fingerprint density at radius 1 is 0.773 bits per heavy atom. The van der Waals surface area contributed by atoms with Gasteiger partial charge in [0.25, 0.3) is 0 Å². The van der Waals surface area contributed by atoms with Crippen LogP contribution in [-0.2, 0) is 6.54 Å². The minimum atomic E-state index is 0.898. The number of aromatic nitrogens is 2. The lowest BCUT2D eigenvalue weighted by molar-refractivity contribution is -0.688. The second-order valence-electron chi connectivity index (χ2n) is 5.49. The lowest BCUT2D eigenvalue weighted by Crippen LogP contribution is -2.32. The predicted molar refractivity (Wildman–Crippen MR) is 89.5 cm³/mol. The Bertz CT molecular complexity index is 890. The molecule has 2 aromatic heterocycles. The molecular formula is C20H17N2+. The molecule has 106 valence electrons. The van der Waals surface area contributed by atoms with E-state index in [1.54, 1.807) is 0 Å². The molecule has 0 saturated heterocycles. The van der Waals surface area contributed by atoms with Crippen molar-refractivity contribution >= 4 is 10.9 Å². The molecule has 0 spiro atoms. The molecule has 0 aliphatic heterocycles. The normalized spacial score (nSPS) is 10.9. The molecule has 0 aliphatic carbocycles. The maximum absolute atomic E-state index is 3.33. The van der Waals surface area contributed by atoms with Crippen LogP contribution in [0.15, 0.2) is 85.3 Å². The molecule has 0 radical (unpaired) electrons. The van der Waals surface area contributed by atoms with Crippen LogP contribution >= 0.6 is 0 Å². The third-order valence-electron chi connectivity index (χ3n) is 4.00. The highest BCUT2D eigenvalue weighted by atomic mass is 14.9. The van der Waals surface area contributed by atoms with Crippen molar-refractivity contribution in [1.82, 2.24) is 4.98 Å². The fourth-order valence-corrected chi connectivity index (χ4v) is 2.85. The average Bonchev–Trinajstić information content (AvgIpc) is 3.01. The van der Waals surface area contributed by atoms with E-state index in [1.165, 1.54) is 27.6 Å². The Balaban J connectivity index is 1.64. The summed E-state index contributed by atoms with van der Waals surface area (Å²) in [6.07, 6.45) is 6.37. The summed E-state index contributed by atoms with van der Waals surface area (Å²) < 4.78 is 2.20. The van der Waals surface area contributed by atoms with Crippen molar-refractivity contribution < 1.29 is 4.57 Å². The number of H-pyrrole nitrogens is 1. The first kappa shape index (κ1) is 12.8. The number of nitrogens with one attached hydrogen (secondary N) is 1. The molecule has 0 bridgehead atoms. The number of fused-ring (bicyclic) bond motifs is 1. The first-order valence-corrected chi connectivity index (χ1v) is 7.50. The van der Waals surface area contributed by atoms with E-state index in [9.17, 15) is 0 Å². The molecule has 0 atom stereocenters. The van der Waals surface area contributed by atoms with Crippen LogP contribution in [0.1, 0.15) is 5.56 Å². The molecule has 0 unspecified atom stereocenters. The fraction of sp³-hybridized carbons (Fsp3) is 0.0500. The van der Waals surface area contributed by atoms with E-state index in [1.807, 2.05) is 6.07 Å². The minimum Gasteiger partial charge on any atom is -0.361 e. The van der Waals surface area contributed by atoms with Crippen LogP contribution in [0, 0.1) is 0 Å². The highest BCUT2D eigenvalue weighted by molar-refractivity contribution is 5.95. The van der Waals surface area contributed by atoms with Gasteiger partial charge in [0.2, 0.25) is 0 Å². The molecule has 0 aliphatic rings. The highest BCUT2D eigenvalue weighted by Crippen LogP contribution is 2.27. The Hall–Kier alpha value is -2.87. The number of nitrogens with zero attached hydrogens (tertiary/aromatic N) is 1. The van der Waals surface area contributed by atoms with Gasteiger partial charge < -0.3 is 4.98 Å². The second-order valence-corrected chi connectivity index (χ2v) is 5.49. The summed E-state index contributed by atoms with van der Waals surface area (Å²) in [4.78, 5) is 3.33. The Morgan fingerprint density at radius 3 is 2.32 bits per heavy atom. The van der Waals surface area contributed by atoms with Crippen LogP contribution in [0.2, 0.25) is 0 Å². The Morgan fingerprint density at radius 2 is 1.50 bits per heavy atom. The van der Waals surface area contributed by atoms with Gasteiger partial charge in [-0.2, -0.15) is 0 Å². The Labute approximate surface area is 129 Å². The quantitative estimate of drug-likeness (QED) is 0.545. The van der Waals surface area contributed by atoms with Crippen molar-refractivity contribution in [3.05, 3.63) is 90.9 Å². The van der Waals surface area contributed by atoms with Gasteiger partial charge in [-0.15, -0.1) is 0 Å². The molecular weight excluding hydrogens is 268 g/mol. The number of para-hydroxylation sites is 1. The van der Waals surface area contributed by atoms with Crippen LogP contribution in [0.3, 0.4) is 0 Å². The zero-order valence-corrected chi connectivity index (χ0v) is 12.2. The number of aromatic amines is 1. The average molecular weight is 285 g/mol. The predicted octanol–water partition coefficient (Wildman–Crippen LogP) is 4.17. The van der Waals surface area contributed by atoms with Crippen molar-refractivity contribution in [1.29, 1.82) is 0 Å². The lowest BCUT2D eigenvalue weighted by atomic mass is 10.1. The van der Waals surface area contributed by atoms with Gasteiger partial charge >= 0.3 is 0 Å². The highest BCUT2D eigenvalue weighted by Gasteiger charge is 2.08. The van der Waals surface area contributed by atoms with Gasteiger partial charge in [-0.3, -0.25) is 0 Å². The van der Waals surface area contributed by atoms with Gasteiger partial charge in [0.05, 0.1) is 0 Å². The smallest absolute Gasteiger partial charge is 0.173 e. The first-order chi connectivity index (χ1) is 10.9. The summed E-state index contributed by atoms with van der Waals surface area (Å²) in [5, 5.41) is 1.27. The van der Waals surface area contributed by atoms with Gasteiger partial charge in [0.1, 0.15) is 0 Å². The summed E-state index contributed by atoms with van der Waals surface area (Å²) in [5.41, 5.74) is 4.98. The van der Waals surface area contributed by atoms with E-state index in [4.69, 9.17) is 0 Å². The van der Waals surface area contributed by atoms with Crippen LogP contribution < -0.4 is 4.57 Å². The summed E-state index contributed by atoms with van der Waals surface area (Å²) in [6, 6.07) is 23.3. The molecule has 0 fully saturated rings. The van der Waals surface area contributed by atoms with Gasteiger partial charge in [0, 0.05) is 40.4 Å². The van der Waals surface area contributed by atoms with E-state index in [0.29, 0.717) is 0 Å². The van der Waals surface area contributed by atoms with E-state index < -0.39 is 0 Å². The Kier molecular flexibility index (Phi) is 3.20. The molecule has 4 rings (SSSR count). The molecule has 0 saturated carbocycles. The third kappa shape index (κ3) is 2.40. The maximum atomic E-state index is 3.33. The summed E-state index contributed by atoms with van der Waals surface area (Å²) in [5.74, 6) is 0. The monoisotopic (exact) mass is 285 g/mol. The molecule has 0 amide bonds. The largest absolute Gasteiger partial charge is 0.361 e. The second kappa shape index (κ2) is 5.49. The molecule has 22 heavy (non-hydrogen) atoms. The van der Waals surface area contributed by atoms with E-state index in [0.717, 1.165) is 6.54 Å². The number of benzene rings is 2. The van der Waals surface area contributed by atoms with Crippen LogP contribution in [0.4, 0.5) is 0 Å². The summed E-state index contributed by atoms with van der Waals surface area (Å²) in [6.45, 7) is 0.898. The zero-order valence-electron chi connectivity index (χ0n) is 12.2. The number of pyridine rings is 1. The number of rotatable bonds is 3. The molecule has 2 nitrogen and oxygen atoms in total. The van der Waals surface area contributed by atoms with E-state index in [2.05, 4.69) is 88.8 Å². The van der Waals surface area contributed by atoms with Crippen LogP contribution in [0.25, 0.3) is 22.0 Å². The van der Waals surface area contributed by atoms with Crippen molar-refractivity contribution in [3.8, 4) is 11.1 Å². The van der Waals surface area contributed by atoms with Crippen molar-refractivity contribution in [2.75, 3.05) is 0 Å². The van der Waals surface area contributed by atoms with Crippen molar-refractivity contribution in [3.63, 3.8) is 0 Å². The van der Waals surface area contributed by atoms with E-state index >= 15 is 0 Å². The van der Waals surface area contributed by atoms with Crippen LogP contribution in [-0.4, -0.2) is 4.98 Å². The topological polar surface area (TPSA) is 19.7 Å². The van der Waals surface area contributed by atoms with Crippen molar-refractivity contribution in [2.45, 2.75) is 6.54 Å². The molecule has 2 aromatic carbocycles. The third-order valence-corrected chi connectivity index (χ3v) is 4.00. The van der Waals surface area contributed by atoms with E-state index in [-0.39, 0.29) is 0 Å². The number of hydrogen-bond donors (Lipinski definition) is 1. The zero-order chi connectivity index (χ0) is 14.8. The SMILES string of the molecule is c1ccc(C[n+]2ccc(-c3c[nH]c4ccccc34)cc2)cc1. The molecule has 2 heteroatoms. The maximum Gasteiger partial charge on any atom is 0.173 e.